The van der Waals surface area contributed by atoms with Crippen LogP contribution in [0.5, 0.6) is 0 Å². The van der Waals surface area contributed by atoms with Gasteiger partial charge in [-0.15, -0.1) is 11.3 Å². The van der Waals surface area contributed by atoms with Gasteiger partial charge in [0.15, 0.2) is 11.0 Å². The second-order valence-corrected chi connectivity index (χ2v) is 6.85. The second-order valence-electron chi connectivity index (χ2n) is 5.82. The van der Waals surface area contributed by atoms with E-state index in [1.807, 2.05) is 0 Å². The number of hydrogen-bond donors (Lipinski definition) is 1. The lowest BCUT2D eigenvalue weighted by atomic mass is 10.1. The van der Waals surface area contributed by atoms with Gasteiger partial charge in [-0.2, -0.15) is 9.49 Å². The summed E-state index contributed by atoms with van der Waals surface area (Å²) >= 11 is 0.897. The lowest BCUT2D eigenvalue weighted by Gasteiger charge is -2.20. The number of thiophene rings is 1. The van der Waals surface area contributed by atoms with Gasteiger partial charge < -0.3 is 9.84 Å². The lowest BCUT2D eigenvalue weighted by Crippen LogP contribution is -2.34. The van der Waals surface area contributed by atoms with Crippen molar-refractivity contribution in [1.82, 2.24) is 14.2 Å². The van der Waals surface area contributed by atoms with Crippen molar-refractivity contribution in [1.29, 1.82) is 0 Å². The number of esters is 1. The molecular weight excluding hydrogens is 337 g/mol. The third-order valence-electron chi connectivity index (χ3n) is 3.47. The minimum Gasteiger partial charge on any atom is -0.465 e. The Labute approximate surface area is 139 Å². The maximum absolute atomic E-state index is 13.5. The van der Waals surface area contributed by atoms with Crippen molar-refractivity contribution >= 4 is 33.0 Å². The molecule has 3 rings (SSSR count). The minimum atomic E-state index is -1.41. The predicted octanol–water partition coefficient (Wildman–Crippen LogP) is 1.64. The molecule has 0 radical (unpaired) electrons. The summed E-state index contributed by atoms with van der Waals surface area (Å²) in [6, 6.07) is 2.82. The van der Waals surface area contributed by atoms with Gasteiger partial charge in [0.25, 0.3) is 5.56 Å². The molecule has 0 fully saturated rings. The van der Waals surface area contributed by atoms with E-state index in [0.29, 0.717) is 10.2 Å². The van der Waals surface area contributed by atoms with Crippen LogP contribution < -0.4 is 5.56 Å². The number of carbonyl (C=O) groups excluding carboxylic acids is 1. The predicted molar refractivity (Wildman–Crippen MR) is 86.7 cm³/mol. The summed E-state index contributed by atoms with van der Waals surface area (Å²) in [7, 11) is 0. The number of halogens is 1. The number of rotatable bonds is 4. The van der Waals surface area contributed by atoms with Crippen LogP contribution in [-0.2, 0) is 21.7 Å². The number of aliphatic hydroxyl groups is 1. The van der Waals surface area contributed by atoms with Crippen LogP contribution in [-0.4, -0.2) is 31.9 Å². The van der Waals surface area contributed by atoms with Gasteiger partial charge in [-0.3, -0.25) is 14.0 Å². The molecule has 0 unspecified atom stereocenters. The van der Waals surface area contributed by atoms with Crippen molar-refractivity contribution in [3.05, 3.63) is 33.4 Å². The van der Waals surface area contributed by atoms with Crippen LogP contribution in [0.1, 0.15) is 26.6 Å². The van der Waals surface area contributed by atoms with E-state index in [4.69, 9.17) is 4.74 Å². The molecular formula is C15H16FN3O4S. The van der Waals surface area contributed by atoms with Crippen LogP contribution in [0.25, 0.3) is 15.7 Å². The highest BCUT2D eigenvalue weighted by Crippen LogP contribution is 2.30. The molecule has 0 aromatic carbocycles. The fourth-order valence-corrected chi connectivity index (χ4v) is 3.32. The first-order valence-electron chi connectivity index (χ1n) is 7.32. The largest absolute Gasteiger partial charge is 0.465 e. The zero-order valence-electron chi connectivity index (χ0n) is 13.4. The van der Waals surface area contributed by atoms with E-state index >= 15 is 0 Å². The quantitative estimate of drug-likeness (QED) is 0.721. The molecule has 128 valence electrons. The highest BCUT2D eigenvalue weighted by Gasteiger charge is 2.27. The van der Waals surface area contributed by atoms with Gasteiger partial charge in [-0.25, -0.2) is 4.68 Å². The molecule has 1 N–H and O–H groups in total. The highest BCUT2D eigenvalue weighted by molar-refractivity contribution is 7.17. The summed E-state index contributed by atoms with van der Waals surface area (Å²) in [5.74, 6) is -0.466. The van der Waals surface area contributed by atoms with E-state index in [1.54, 1.807) is 6.92 Å². The van der Waals surface area contributed by atoms with Crippen LogP contribution in [0.2, 0.25) is 0 Å². The van der Waals surface area contributed by atoms with Crippen LogP contribution in [0.3, 0.4) is 0 Å². The molecule has 3 aromatic rings. The topological polar surface area (TPSA) is 85.8 Å². The Morgan fingerprint density at radius 3 is 2.75 bits per heavy atom. The van der Waals surface area contributed by atoms with Crippen molar-refractivity contribution in [3.63, 3.8) is 0 Å². The Kier molecular flexibility index (Phi) is 3.92. The van der Waals surface area contributed by atoms with Crippen LogP contribution >= 0.6 is 11.3 Å². The summed E-state index contributed by atoms with van der Waals surface area (Å²) in [6.45, 7) is 4.49. The molecule has 7 nitrogen and oxygen atoms in total. The number of aromatic nitrogens is 3. The Morgan fingerprint density at radius 1 is 1.42 bits per heavy atom. The molecule has 0 amide bonds. The molecule has 3 heterocycles. The summed E-state index contributed by atoms with van der Waals surface area (Å²) in [4.78, 5) is 24.3. The molecule has 0 aliphatic heterocycles. The fourth-order valence-electron chi connectivity index (χ4n) is 2.52. The van der Waals surface area contributed by atoms with Crippen molar-refractivity contribution in [3.8, 4) is 0 Å². The first-order valence-corrected chi connectivity index (χ1v) is 8.14. The van der Waals surface area contributed by atoms with E-state index in [2.05, 4.69) is 5.10 Å². The highest BCUT2D eigenvalue weighted by atomic mass is 32.1. The third-order valence-corrected chi connectivity index (χ3v) is 4.33. The minimum absolute atomic E-state index is 0.134. The maximum Gasteiger partial charge on any atom is 0.327 e. The van der Waals surface area contributed by atoms with Gasteiger partial charge >= 0.3 is 5.97 Å². The van der Waals surface area contributed by atoms with Crippen molar-refractivity contribution in [2.45, 2.75) is 32.9 Å². The number of hydrogen-bond acceptors (Lipinski definition) is 6. The maximum atomic E-state index is 13.5. The first kappa shape index (κ1) is 16.6. The molecule has 24 heavy (non-hydrogen) atoms. The van der Waals surface area contributed by atoms with Gasteiger partial charge in [0.2, 0.25) is 0 Å². The van der Waals surface area contributed by atoms with Gasteiger partial charge in [0, 0.05) is 6.07 Å². The van der Waals surface area contributed by atoms with E-state index in [-0.39, 0.29) is 24.5 Å². The molecule has 3 aromatic heterocycles. The molecule has 0 aliphatic carbocycles. The van der Waals surface area contributed by atoms with E-state index in [9.17, 15) is 19.1 Å². The summed E-state index contributed by atoms with van der Waals surface area (Å²) in [5, 5.41) is 14.1. The molecule has 0 bridgehead atoms. The van der Waals surface area contributed by atoms with Crippen molar-refractivity contribution in [2.75, 3.05) is 6.61 Å². The number of fused-ring (bicyclic) bond motifs is 3. The molecule has 0 aliphatic rings. The monoisotopic (exact) mass is 353 g/mol. The van der Waals surface area contributed by atoms with Crippen LogP contribution in [0, 0.1) is 5.13 Å². The van der Waals surface area contributed by atoms with E-state index in [0.717, 1.165) is 16.0 Å². The Morgan fingerprint density at radius 2 is 2.12 bits per heavy atom. The van der Waals surface area contributed by atoms with E-state index in [1.165, 1.54) is 30.4 Å². The smallest absolute Gasteiger partial charge is 0.327 e. The third kappa shape index (κ3) is 2.69. The summed E-state index contributed by atoms with van der Waals surface area (Å²) < 4.78 is 21.3. The zero-order valence-corrected chi connectivity index (χ0v) is 14.2. The second kappa shape index (κ2) is 5.67. The van der Waals surface area contributed by atoms with Gasteiger partial charge in [-0.05, 0) is 26.8 Å². The van der Waals surface area contributed by atoms with Gasteiger partial charge in [0.1, 0.15) is 17.7 Å². The van der Waals surface area contributed by atoms with Crippen molar-refractivity contribution in [2.24, 2.45) is 0 Å². The summed E-state index contributed by atoms with van der Waals surface area (Å²) in [6.07, 6.45) is 0. The molecule has 0 atom stereocenters. The standard InChI is InChI=1S/C15H16FN3O4S/c1-4-23-12(20)7-18-13(21)9-5-10-8(6-11(16)24-10)19(9)14(17-18)15(2,3)22/h5-6,22H,4,7H2,1-3H3. The van der Waals surface area contributed by atoms with Crippen LogP contribution in [0.15, 0.2) is 16.9 Å². The summed E-state index contributed by atoms with van der Waals surface area (Å²) in [5.41, 5.74) is -1.25. The number of ether oxygens (including phenoxy) is 1. The number of nitrogens with zero attached hydrogens (tertiary/aromatic N) is 3. The fraction of sp³-hybridized carbons (Fsp3) is 0.400. The Bertz CT molecular complexity index is 996. The van der Waals surface area contributed by atoms with Gasteiger partial charge in [0.05, 0.1) is 16.8 Å². The zero-order chi connectivity index (χ0) is 17.6. The Hall–Kier alpha value is -2.26. The lowest BCUT2D eigenvalue weighted by molar-refractivity contribution is -0.144. The average Bonchev–Trinajstić information content (AvgIpc) is 2.97. The van der Waals surface area contributed by atoms with E-state index < -0.39 is 22.3 Å². The molecule has 0 saturated heterocycles. The normalized spacial score (nSPS) is 12.2. The SMILES string of the molecule is CCOC(=O)Cn1nc(C(C)(C)O)n2c(cc3sc(F)cc32)c1=O. The molecule has 9 heteroatoms. The van der Waals surface area contributed by atoms with Crippen molar-refractivity contribution < 1.29 is 19.0 Å². The number of carbonyl (C=O) groups is 1. The molecule has 0 saturated carbocycles. The molecule has 0 spiro atoms. The Balaban J connectivity index is 2.31. The average molecular weight is 353 g/mol. The van der Waals surface area contributed by atoms with Crippen LogP contribution in [0.4, 0.5) is 4.39 Å². The van der Waals surface area contributed by atoms with Gasteiger partial charge in [-0.1, -0.05) is 0 Å². The first-order chi connectivity index (χ1) is 11.2.